The number of fused-ring (bicyclic) bond motifs is 1. The van der Waals surface area contributed by atoms with E-state index in [1.807, 2.05) is 0 Å². The Hall–Kier alpha value is -1.73. The molecule has 0 bridgehead atoms. The first-order chi connectivity index (χ1) is 9.84. The summed E-state index contributed by atoms with van der Waals surface area (Å²) in [6.07, 6.45) is -3.67. The molecule has 1 aliphatic rings. The average Bonchev–Trinajstić information content (AvgIpc) is 3.12. The van der Waals surface area contributed by atoms with Gasteiger partial charge in [-0.3, -0.25) is 0 Å². The van der Waals surface area contributed by atoms with Crippen molar-refractivity contribution in [3.8, 4) is 0 Å². The lowest BCUT2D eigenvalue weighted by molar-refractivity contribution is -0.141. The molecule has 0 radical (unpaired) electrons. The van der Waals surface area contributed by atoms with Crippen LogP contribution in [-0.4, -0.2) is 21.0 Å². The molecule has 0 aliphatic heterocycles. The van der Waals surface area contributed by atoms with Crippen LogP contribution in [0.25, 0.3) is 11.0 Å². The molecule has 0 amide bonds. The van der Waals surface area contributed by atoms with Crippen molar-refractivity contribution < 1.29 is 22.0 Å². The molecule has 0 saturated heterocycles. The molecular formula is C13H12F5N3. The van der Waals surface area contributed by atoms with Crippen LogP contribution in [0.4, 0.5) is 22.0 Å². The molecule has 0 unspecified atom stereocenters. The zero-order chi connectivity index (χ0) is 15.2. The minimum absolute atomic E-state index is 0.0635. The Morgan fingerprint density at radius 2 is 2.00 bits per heavy atom. The summed E-state index contributed by atoms with van der Waals surface area (Å²) in [5.41, 5.74) is -0.776. The molecule has 8 heteroatoms. The third kappa shape index (κ3) is 2.98. The SMILES string of the molecule is FC(F)Cn1c(CC2CC2)nc2cc(C(F)(F)F)ncc21. The van der Waals surface area contributed by atoms with Crippen molar-refractivity contribution in [2.24, 2.45) is 5.92 Å². The summed E-state index contributed by atoms with van der Waals surface area (Å²) in [6.45, 7) is -0.578. The fourth-order valence-corrected chi connectivity index (χ4v) is 2.31. The second-order valence-corrected chi connectivity index (χ2v) is 5.23. The maximum atomic E-state index is 12.7. The molecule has 1 saturated carbocycles. The lowest BCUT2D eigenvalue weighted by Gasteiger charge is -2.08. The van der Waals surface area contributed by atoms with Gasteiger partial charge in [-0.1, -0.05) is 0 Å². The number of rotatable bonds is 4. The summed E-state index contributed by atoms with van der Waals surface area (Å²) < 4.78 is 64.5. The second-order valence-electron chi connectivity index (χ2n) is 5.23. The van der Waals surface area contributed by atoms with E-state index in [1.54, 1.807) is 0 Å². The van der Waals surface area contributed by atoms with Crippen LogP contribution in [0.1, 0.15) is 24.4 Å². The molecular weight excluding hydrogens is 293 g/mol. The maximum Gasteiger partial charge on any atom is 0.433 e. The van der Waals surface area contributed by atoms with Gasteiger partial charge in [0.25, 0.3) is 6.43 Å². The normalized spacial score (nSPS) is 16.1. The van der Waals surface area contributed by atoms with E-state index in [2.05, 4.69) is 9.97 Å². The first-order valence-electron chi connectivity index (χ1n) is 6.55. The van der Waals surface area contributed by atoms with Crippen LogP contribution < -0.4 is 0 Å². The summed E-state index contributed by atoms with van der Waals surface area (Å²) in [7, 11) is 0. The van der Waals surface area contributed by atoms with E-state index in [1.165, 1.54) is 4.57 Å². The van der Waals surface area contributed by atoms with Gasteiger partial charge < -0.3 is 4.57 Å². The van der Waals surface area contributed by atoms with E-state index in [0.717, 1.165) is 25.1 Å². The summed E-state index contributed by atoms with van der Waals surface area (Å²) in [6, 6.07) is 0.813. The van der Waals surface area contributed by atoms with E-state index in [4.69, 9.17) is 0 Å². The summed E-state index contributed by atoms with van der Waals surface area (Å²) in [5, 5.41) is 0. The molecule has 3 nitrogen and oxygen atoms in total. The Balaban J connectivity index is 2.06. The number of pyridine rings is 1. The van der Waals surface area contributed by atoms with Crippen LogP contribution in [0.3, 0.4) is 0 Å². The highest BCUT2D eigenvalue weighted by Crippen LogP contribution is 2.34. The lowest BCUT2D eigenvalue weighted by Crippen LogP contribution is -2.11. The van der Waals surface area contributed by atoms with Gasteiger partial charge in [0, 0.05) is 6.42 Å². The standard InChI is InChI=1S/C13H12F5N3/c14-11(15)6-21-9-5-19-10(13(16,17)18)4-8(9)20-12(21)3-7-1-2-7/h4-5,7,11H,1-3,6H2. The maximum absolute atomic E-state index is 12.7. The first kappa shape index (κ1) is 14.2. The van der Waals surface area contributed by atoms with Gasteiger partial charge in [-0.15, -0.1) is 0 Å². The van der Waals surface area contributed by atoms with Crippen LogP contribution in [0.2, 0.25) is 0 Å². The monoisotopic (exact) mass is 305 g/mol. The largest absolute Gasteiger partial charge is 0.433 e. The highest BCUT2D eigenvalue weighted by Gasteiger charge is 2.33. The zero-order valence-electron chi connectivity index (χ0n) is 10.9. The molecule has 3 rings (SSSR count). The van der Waals surface area contributed by atoms with Crippen molar-refractivity contribution >= 4 is 11.0 Å². The smallest absolute Gasteiger partial charge is 0.321 e. The minimum atomic E-state index is -4.57. The Kier molecular flexibility index (Phi) is 3.33. The minimum Gasteiger partial charge on any atom is -0.321 e. The third-order valence-electron chi connectivity index (χ3n) is 3.49. The topological polar surface area (TPSA) is 30.7 Å². The van der Waals surface area contributed by atoms with E-state index >= 15 is 0 Å². The number of aromatic nitrogens is 3. The Morgan fingerprint density at radius 1 is 1.29 bits per heavy atom. The third-order valence-corrected chi connectivity index (χ3v) is 3.49. The molecule has 0 atom stereocenters. The molecule has 0 spiro atoms. The van der Waals surface area contributed by atoms with Crippen LogP contribution in [0.15, 0.2) is 12.3 Å². The van der Waals surface area contributed by atoms with Gasteiger partial charge in [0.15, 0.2) is 0 Å². The summed E-state index contributed by atoms with van der Waals surface area (Å²) >= 11 is 0. The highest BCUT2D eigenvalue weighted by molar-refractivity contribution is 5.75. The first-order valence-corrected chi connectivity index (χ1v) is 6.55. The predicted octanol–water partition coefficient (Wildman–Crippen LogP) is 3.67. The number of halogens is 5. The molecule has 2 aromatic heterocycles. The molecule has 2 aromatic rings. The molecule has 1 aliphatic carbocycles. The number of hydrogen-bond acceptors (Lipinski definition) is 2. The Morgan fingerprint density at radius 3 is 2.57 bits per heavy atom. The fourth-order valence-electron chi connectivity index (χ4n) is 2.31. The average molecular weight is 305 g/mol. The zero-order valence-corrected chi connectivity index (χ0v) is 10.9. The van der Waals surface area contributed by atoms with Gasteiger partial charge in [-0.05, 0) is 24.8 Å². The lowest BCUT2D eigenvalue weighted by atomic mass is 10.3. The number of hydrogen-bond donors (Lipinski definition) is 0. The van der Waals surface area contributed by atoms with Crippen LogP contribution in [0.5, 0.6) is 0 Å². The van der Waals surface area contributed by atoms with E-state index in [9.17, 15) is 22.0 Å². The van der Waals surface area contributed by atoms with Crippen molar-refractivity contribution in [3.63, 3.8) is 0 Å². The molecule has 1 fully saturated rings. The van der Waals surface area contributed by atoms with E-state index in [-0.39, 0.29) is 11.0 Å². The van der Waals surface area contributed by atoms with Crippen LogP contribution >= 0.6 is 0 Å². The molecule has 114 valence electrons. The van der Waals surface area contributed by atoms with Gasteiger partial charge >= 0.3 is 6.18 Å². The van der Waals surface area contributed by atoms with Crippen LogP contribution in [-0.2, 0) is 19.1 Å². The van der Waals surface area contributed by atoms with Gasteiger partial charge in [0.1, 0.15) is 11.5 Å². The summed E-state index contributed by atoms with van der Waals surface area (Å²) in [5.74, 6) is 0.808. The number of nitrogens with zero attached hydrogens (tertiary/aromatic N) is 3. The highest BCUT2D eigenvalue weighted by atomic mass is 19.4. The van der Waals surface area contributed by atoms with Gasteiger partial charge in [-0.25, -0.2) is 18.7 Å². The predicted molar refractivity (Wildman–Crippen MR) is 65.0 cm³/mol. The fraction of sp³-hybridized carbons (Fsp3) is 0.538. The molecule has 21 heavy (non-hydrogen) atoms. The summed E-state index contributed by atoms with van der Waals surface area (Å²) in [4.78, 5) is 7.43. The Bertz CT molecular complexity index is 658. The van der Waals surface area contributed by atoms with Crippen molar-refractivity contribution in [1.29, 1.82) is 0 Å². The van der Waals surface area contributed by atoms with Crippen molar-refractivity contribution in [2.75, 3.05) is 0 Å². The van der Waals surface area contributed by atoms with Crippen molar-refractivity contribution in [3.05, 3.63) is 23.8 Å². The molecule has 0 aromatic carbocycles. The van der Waals surface area contributed by atoms with Gasteiger partial charge in [0.2, 0.25) is 0 Å². The van der Waals surface area contributed by atoms with Crippen LogP contribution in [0, 0.1) is 5.92 Å². The number of imidazole rings is 1. The van der Waals surface area contributed by atoms with Gasteiger partial charge in [0.05, 0.1) is 23.8 Å². The number of alkyl halides is 5. The van der Waals surface area contributed by atoms with Crippen molar-refractivity contribution in [1.82, 2.24) is 14.5 Å². The molecule has 2 heterocycles. The molecule has 0 N–H and O–H groups in total. The van der Waals surface area contributed by atoms with E-state index in [0.29, 0.717) is 18.2 Å². The Labute approximate surface area is 116 Å². The second kappa shape index (κ2) is 4.92. The van der Waals surface area contributed by atoms with Gasteiger partial charge in [-0.2, -0.15) is 13.2 Å². The van der Waals surface area contributed by atoms with E-state index < -0.39 is 24.8 Å². The van der Waals surface area contributed by atoms with Crippen molar-refractivity contribution in [2.45, 2.75) is 38.4 Å². The quantitative estimate of drug-likeness (QED) is 0.807.